The molecule has 4 nitrogen and oxygen atoms in total. The van der Waals surface area contributed by atoms with Crippen LogP contribution < -0.4 is 5.32 Å². The molecule has 2 heterocycles. The van der Waals surface area contributed by atoms with Crippen LogP contribution in [0.5, 0.6) is 0 Å². The average molecular weight is 332 g/mol. The van der Waals surface area contributed by atoms with E-state index in [1.165, 1.54) is 12.1 Å². The largest absolute Gasteiger partial charge is 0.460 e. The third-order valence-corrected chi connectivity index (χ3v) is 4.78. The van der Waals surface area contributed by atoms with Gasteiger partial charge in [-0.25, -0.2) is 4.39 Å². The maximum Gasteiger partial charge on any atom is 0.225 e. The van der Waals surface area contributed by atoms with E-state index in [-0.39, 0.29) is 17.6 Å². The van der Waals surface area contributed by atoms with Crippen LogP contribution in [0.25, 0.3) is 11.0 Å². The van der Waals surface area contributed by atoms with Crippen molar-refractivity contribution < 1.29 is 13.6 Å². The van der Waals surface area contributed by atoms with E-state index in [4.69, 9.17) is 4.42 Å². The minimum absolute atomic E-state index is 0.0534. The molecule has 1 N–H and O–H groups in total. The van der Waals surface area contributed by atoms with Gasteiger partial charge in [0.1, 0.15) is 17.2 Å². The molecule has 1 aromatic heterocycles. The summed E-state index contributed by atoms with van der Waals surface area (Å²) in [7, 11) is 0. The number of piperidine rings is 1. The van der Waals surface area contributed by atoms with Gasteiger partial charge in [-0.1, -0.05) is 20.8 Å². The van der Waals surface area contributed by atoms with Crippen LogP contribution in [0, 0.1) is 17.7 Å². The highest BCUT2D eigenvalue weighted by Gasteiger charge is 2.29. The number of hydrogen-bond donors (Lipinski definition) is 1. The zero-order chi connectivity index (χ0) is 17.3. The van der Waals surface area contributed by atoms with Gasteiger partial charge in [0.05, 0.1) is 6.54 Å². The first-order chi connectivity index (χ1) is 11.4. The van der Waals surface area contributed by atoms with Gasteiger partial charge in [0.2, 0.25) is 5.91 Å². The number of carbonyl (C=O) groups excluding carboxylic acids is 1. The number of hydrogen-bond acceptors (Lipinski definition) is 3. The van der Waals surface area contributed by atoms with E-state index < -0.39 is 0 Å². The minimum Gasteiger partial charge on any atom is -0.460 e. The summed E-state index contributed by atoms with van der Waals surface area (Å²) in [6.07, 6.45) is 0.939. The van der Waals surface area contributed by atoms with Crippen molar-refractivity contribution >= 4 is 16.9 Å². The van der Waals surface area contributed by atoms with Crippen molar-refractivity contribution in [3.63, 3.8) is 0 Å². The molecule has 0 aliphatic carbocycles. The van der Waals surface area contributed by atoms with Crippen molar-refractivity contribution in [1.82, 2.24) is 10.2 Å². The van der Waals surface area contributed by atoms with Gasteiger partial charge < -0.3 is 14.6 Å². The molecule has 1 fully saturated rings. The fourth-order valence-corrected chi connectivity index (χ4v) is 3.40. The van der Waals surface area contributed by atoms with Crippen molar-refractivity contribution in [2.24, 2.45) is 11.8 Å². The molecule has 24 heavy (non-hydrogen) atoms. The second kappa shape index (κ2) is 6.93. The van der Waals surface area contributed by atoms with E-state index in [1.54, 1.807) is 6.07 Å². The summed E-state index contributed by atoms with van der Waals surface area (Å²) in [4.78, 5) is 14.1. The fourth-order valence-electron chi connectivity index (χ4n) is 3.40. The van der Waals surface area contributed by atoms with Crippen LogP contribution in [0.4, 0.5) is 4.39 Å². The lowest BCUT2D eigenvalue weighted by molar-refractivity contribution is -0.136. The van der Waals surface area contributed by atoms with Crippen LogP contribution in [-0.4, -0.2) is 29.9 Å². The minimum atomic E-state index is -0.251. The fraction of sp³-hybridized carbons (Fsp3) is 0.526. The first-order valence-corrected chi connectivity index (χ1v) is 8.64. The lowest BCUT2D eigenvalue weighted by Crippen LogP contribution is -2.50. The number of halogens is 1. The molecule has 5 heteroatoms. The Labute approximate surface area is 142 Å². The summed E-state index contributed by atoms with van der Waals surface area (Å²) < 4.78 is 19.0. The van der Waals surface area contributed by atoms with Gasteiger partial charge in [0, 0.05) is 30.4 Å². The third kappa shape index (κ3) is 3.61. The SMILES string of the molecule is CC(C)C(=O)N1CC[C@@H](NCc2cc3cc(F)ccc3o2)[C@H](C)C1. The van der Waals surface area contributed by atoms with Crippen molar-refractivity contribution in [2.75, 3.05) is 13.1 Å². The Morgan fingerprint density at radius 2 is 2.21 bits per heavy atom. The molecule has 1 aromatic carbocycles. The Kier molecular flexibility index (Phi) is 4.90. The molecular weight excluding hydrogens is 307 g/mol. The van der Waals surface area contributed by atoms with E-state index in [0.29, 0.717) is 24.1 Å². The molecule has 0 radical (unpaired) electrons. The van der Waals surface area contributed by atoms with Gasteiger partial charge in [-0.3, -0.25) is 4.79 Å². The van der Waals surface area contributed by atoms with Gasteiger partial charge in [-0.15, -0.1) is 0 Å². The Balaban J connectivity index is 1.57. The van der Waals surface area contributed by atoms with Gasteiger partial charge >= 0.3 is 0 Å². The number of benzene rings is 1. The lowest BCUT2D eigenvalue weighted by Gasteiger charge is -2.38. The Bertz CT molecular complexity index is 725. The second-order valence-corrected chi connectivity index (χ2v) is 7.09. The molecule has 130 valence electrons. The van der Waals surface area contributed by atoms with Gasteiger partial charge in [-0.2, -0.15) is 0 Å². The Hall–Kier alpha value is -1.88. The second-order valence-electron chi connectivity index (χ2n) is 7.09. The van der Waals surface area contributed by atoms with Crippen LogP contribution in [0.1, 0.15) is 33.0 Å². The molecule has 0 bridgehead atoms. The first-order valence-electron chi connectivity index (χ1n) is 8.64. The predicted molar refractivity (Wildman–Crippen MR) is 92.0 cm³/mol. The maximum absolute atomic E-state index is 13.2. The standard InChI is InChI=1S/C19H25FN2O2/c1-12(2)19(23)22-7-6-17(13(3)11-22)21-10-16-9-14-8-15(20)4-5-18(14)24-16/h4-5,8-9,12-13,17,21H,6-7,10-11H2,1-3H3/t13-,17-/m1/s1. The molecule has 1 amide bonds. The highest BCUT2D eigenvalue weighted by molar-refractivity contribution is 5.78. The summed E-state index contributed by atoms with van der Waals surface area (Å²) in [5.74, 6) is 1.24. The van der Waals surface area contributed by atoms with E-state index >= 15 is 0 Å². The normalized spacial score (nSPS) is 21.6. The maximum atomic E-state index is 13.2. The summed E-state index contributed by atoms with van der Waals surface area (Å²) in [6, 6.07) is 6.79. The Morgan fingerprint density at radius 1 is 1.42 bits per heavy atom. The molecule has 1 aliphatic heterocycles. The number of furan rings is 1. The van der Waals surface area contributed by atoms with E-state index in [2.05, 4.69) is 12.2 Å². The smallest absolute Gasteiger partial charge is 0.225 e. The van der Waals surface area contributed by atoms with Gasteiger partial charge in [0.25, 0.3) is 0 Å². The molecule has 3 rings (SSSR count). The third-order valence-electron chi connectivity index (χ3n) is 4.78. The zero-order valence-corrected chi connectivity index (χ0v) is 14.5. The van der Waals surface area contributed by atoms with Crippen molar-refractivity contribution in [3.8, 4) is 0 Å². The predicted octanol–water partition coefficient (Wildman–Crippen LogP) is 3.55. The number of carbonyl (C=O) groups is 1. The summed E-state index contributed by atoms with van der Waals surface area (Å²) >= 11 is 0. The topological polar surface area (TPSA) is 45.5 Å². The lowest BCUT2D eigenvalue weighted by atomic mass is 9.93. The van der Waals surface area contributed by atoms with Crippen molar-refractivity contribution in [2.45, 2.75) is 39.8 Å². The highest BCUT2D eigenvalue weighted by Crippen LogP contribution is 2.22. The number of fused-ring (bicyclic) bond motifs is 1. The van der Waals surface area contributed by atoms with Gasteiger partial charge in [0.15, 0.2) is 0 Å². The average Bonchev–Trinajstić information content (AvgIpc) is 2.94. The number of nitrogens with one attached hydrogen (secondary N) is 1. The molecule has 2 aromatic rings. The van der Waals surface area contributed by atoms with Crippen LogP contribution in [-0.2, 0) is 11.3 Å². The highest BCUT2D eigenvalue weighted by atomic mass is 19.1. The zero-order valence-electron chi connectivity index (χ0n) is 14.5. The van der Waals surface area contributed by atoms with Crippen molar-refractivity contribution in [3.05, 3.63) is 35.8 Å². The molecule has 0 spiro atoms. The van der Waals surface area contributed by atoms with Crippen LogP contribution in [0.15, 0.2) is 28.7 Å². The number of likely N-dealkylation sites (tertiary alicyclic amines) is 1. The van der Waals surface area contributed by atoms with Crippen LogP contribution >= 0.6 is 0 Å². The molecule has 0 unspecified atom stereocenters. The quantitative estimate of drug-likeness (QED) is 0.931. The first kappa shape index (κ1) is 17.0. The molecule has 1 saturated heterocycles. The monoisotopic (exact) mass is 332 g/mol. The molecule has 2 atom stereocenters. The molecule has 0 saturated carbocycles. The molecular formula is C19H25FN2O2. The number of rotatable bonds is 4. The van der Waals surface area contributed by atoms with E-state index in [1.807, 2.05) is 24.8 Å². The van der Waals surface area contributed by atoms with Crippen LogP contribution in [0.3, 0.4) is 0 Å². The van der Waals surface area contributed by atoms with Crippen LogP contribution in [0.2, 0.25) is 0 Å². The summed E-state index contributed by atoms with van der Waals surface area (Å²) in [5, 5.41) is 4.32. The molecule has 1 aliphatic rings. The van der Waals surface area contributed by atoms with E-state index in [9.17, 15) is 9.18 Å². The van der Waals surface area contributed by atoms with Gasteiger partial charge in [-0.05, 0) is 36.6 Å². The van der Waals surface area contributed by atoms with E-state index in [0.717, 1.165) is 30.7 Å². The van der Waals surface area contributed by atoms with Crippen molar-refractivity contribution in [1.29, 1.82) is 0 Å². The number of amides is 1. The summed E-state index contributed by atoms with van der Waals surface area (Å²) in [6.45, 7) is 8.27. The number of nitrogens with zero attached hydrogens (tertiary/aromatic N) is 1. The Morgan fingerprint density at radius 3 is 2.92 bits per heavy atom. The summed E-state index contributed by atoms with van der Waals surface area (Å²) in [5.41, 5.74) is 0.707.